The van der Waals surface area contributed by atoms with Crippen molar-refractivity contribution in [2.45, 2.75) is 26.2 Å². The highest BCUT2D eigenvalue weighted by Crippen LogP contribution is 2.27. The molecule has 1 aromatic rings. The van der Waals surface area contributed by atoms with Crippen LogP contribution in [0.2, 0.25) is 0 Å². The second kappa shape index (κ2) is 6.68. The number of ether oxygens (including phenoxy) is 1. The van der Waals surface area contributed by atoms with Gasteiger partial charge < -0.3 is 9.53 Å². The molecule has 0 aliphatic rings. The van der Waals surface area contributed by atoms with Crippen LogP contribution in [0.25, 0.3) is 0 Å². The highest BCUT2D eigenvalue weighted by Gasteiger charge is 2.15. The Kier molecular flexibility index (Phi) is 5.23. The molecule has 0 spiro atoms. The van der Waals surface area contributed by atoms with Gasteiger partial charge >= 0.3 is 5.69 Å². The number of nitro groups is 1. The number of ketones is 1. The molecule has 0 fully saturated rings. The van der Waals surface area contributed by atoms with Crippen molar-refractivity contribution >= 4 is 11.5 Å². The molecule has 5 nitrogen and oxygen atoms in total. The molecule has 0 aliphatic carbocycles. The predicted molar refractivity (Wildman–Crippen MR) is 63.1 cm³/mol. The van der Waals surface area contributed by atoms with Gasteiger partial charge in [-0.2, -0.15) is 0 Å². The molecular formula is C12H14FNO4. The Bertz CT molecular complexity index is 448. The zero-order valence-electron chi connectivity index (χ0n) is 10.0. The van der Waals surface area contributed by atoms with Crippen LogP contribution in [0, 0.1) is 15.9 Å². The largest absolute Gasteiger partial charge is 0.487 e. The third-order valence-corrected chi connectivity index (χ3v) is 2.30. The summed E-state index contributed by atoms with van der Waals surface area (Å²) in [5.41, 5.74) is -0.261. The van der Waals surface area contributed by atoms with E-state index in [4.69, 9.17) is 4.74 Å². The number of carbonyl (C=O) groups is 1. The molecular weight excluding hydrogens is 241 g/mol. The van der Waals surface area contributed by atoms with Crippen molar-refractivity contribution in [2.24, 2.45) is 0 Å². The van der Waals surface area contributed by atoms with Crippen molar-refractivity contribution < 1.29 is 18.8 Å². The van der Waals surface area contributed by atoms with Gasteiger partial charge in [-0.05, 0) is 25.8 Å². The Hall–Kier alpha value is -1.98. The molecule has 0 aromatic heterocycles. The van der Waals surface area contributed by atoms with Crippen LogP contribution in [-0.2, 0) is 4.79 Å². The monoisotopic (exact) mass is 255 g/mol. The number of nitro benzene ring substituents is 1. The molecule has 0 aliphatic heterocycles. The van der Waals surface area contributed by atoms with Crippen LogP contribution in [0.15, 0.2) is 18.2 Å². The normalized spacial score (nSPS) is 10.1. The van der Waals surface area contributed by atoms with Crippen molar-refractivity contribution in [3.63, 3.8) is 0 Å². The Balaban J connectivity index is 2.53. The maximum atomic E-state index is 12.9. The SMILES string of the molecule is CC(=O)CCCCOc1cc(F)ccc1[N+](=O)[O-]. The Morgan fingerprint density at radius 2 is 2.17 bits per heavy atom. The smallest absolute Gasteiger partial charge is 0.311 e. The van der Waals surface area contributed by atoms with Gasteiger partial charge in [-0.15, -0.1) is 0 Å². The maximum Gasteiger partial charge on any atom is 0.311 e. The van der Waals surface area contributed by atoms with E-state index in [1.807, 2.05) is 0 Å². The molecule has 0 unspecified atom stereocenters. The minimum atomic E-state index is -0.621. The van der Waals surface area contributed by atoms with E-state index in [9.17, 15) is 19.3 Å². The number of carbonyl (C=O) groups excluding carboxylic acids is 1. The lowest BCUT2D eigenvalue weighted by Gasteiger charge is -2.06. The first kappa shape index (κ1) is 14.1. The number of benzene rings is 1. The van der Waals surface area contributed by atoms with Crippen molar-refractivity contribution in [1.29, 1.82) is 0 Å². The number of hydrogen-bond acceptors (Lipinski definition) is 4. The number of unbranched alkanes of at least 4 members (excludes halogenated alkanes) is 1. The minimum Gasteiger partial charge on any atom is -0.487 e. The summed E-state index contributed by atoms with van der Waals surface area (Å²) in [5, 5.41) is 10.7. The fraction of sp³-hybridized carbons (Fsp3) is 0.417. The summed E-state index contributed by atoms with van der Waals surface area (Å²) in [6.07, 6.45) is 1.69. The standard InChI is InChI=1S/C12H14FNO4/c1-9(15)4-2-3-7-18-12-8-10(13)5-6-11(12)14(16)17/h5-6,8H,2-4,7H2,1H3. The lowest BCUT2D eigenvalue weighted by atomic mass is 10.2. The zero-order valence-corrected chi connectivity index (χ0v) is 10.0. The van der Waals surface area contributed by atoms with Gasteiger partial charge in [-0.1, -0.05) is 0 Å². The predicted octanol–water partition coefficient (Wildman–Crippen LogP) is 2.87. The second-order valence-corrected chi connectivity index (χ2v) is 3.88. The van der Waals surface area contributed by atoms with Crippen molar-refractivity contribution in [1.82, 2.24) is 0 Å². The first-order chi connectivity index (χ1) is 8.50. The molecule has 98 valence electrons. The van der Waals surface area contributed by atoms with Crippen LogP contribution >= 0.6 is 0 Å². The molecule has 0 saturated carbocycles. The Labute approximate surface area is 104 Å². The molecule has 1 rings (SSSR count). The van der Waals surface area contributed by atoms with E-state index in [2.05, 4.69) is 0 Å². The van der Waals surface area contributed by atoms with E-state index in [1.54, 1.807) is 0 Å². The van der Waals surface area contributed by atoms with Crippen LogP contribution in [0.5, 0.6) is 5.75 Å². The van der Waals surface area contributed by atoms with Gasteiger partial charge in [-0.3, -0.25) is 10.1 Å². The van der Waals surface area contributed by atoms with Gasteiger partial charge in [0.05, 0.1) is 11.5 Å². The van der Waals surface area contributed by atoms with E-state index < -0.39 is 10.7 Å². The lowest BCUT2D eigenvalue weighted by molar-refractivity contribution is -0.385. The summed E-state index contributed by atoms with van der Waals surface area (Å²) >= 11 is 0. The van der Waals surface area contributed by atoms with E-state index in [0.717, 1.165) is 18.2 Å². The van der Waals surface area contributed by atoms with E-state index >= 15 is 0 Å². The van der Waals surface area contributed by atoms with E-state index in [1.165, 1.54) is 6.92 Å². The molecule has 6 heteroatoms. The Morgan fingerprint density at radius 1 is 1.44 bits per heavy atom. The van der Waals surface area contributed by atoms with Gasteiger partial charge in [0.2, 0.25) is 0 Å². The highest BCUT2D eigenvalue weighted by molar-refractivity contribution is 5.75. The number of Topliss-reactive ketones (excluding diaryl/α,β-unsaturated/α-hetero) is 1. The number of rotatable bonds is 7. The third kappa shape index (κ3) is 4.48. The molecule has 1 aromatic carbocycles. The first-order valence-corrected chi connectivity index (χ1v) is 5.57. The highest BCUT2D eigenvalue weighted by atomic mass is 19.1. The summed E-state index contributed by atoms with van der Waals surface area (Å²) in [4.78, 5) is 20.7. The quantitative estimate of drug-likeness (QED) is 0.426. The summed E-state index contributed by atoms with van der Waals surface area (Å²) in [6, 6.07) is 3.07. The van der Waals surface area contributed by atoms with Crippen LogP contribution in [0.4, 0.5) is 10.1 Å². The second-order valence-electron chi connectivity index (χ2n) is 3.88. The van der Waals surface area contributed by atoms with E-state index in [0.29, 0.717) is 19.3 Å². The van der Waals surface area contributed by atoms with Gasteiger partial charge in [0.25, 0.3) is 0 Å². The molecule has 0 heterocycles. The summed E-state index contributed by atoms with van der Waals surface area (Å²) in [6.45, 7) is 1.72. The molecule has 18 heavy (non-hydrogen) atoms. The molecule has 0 atom stereocenters. The molecule has 0 radical (unpaired) electrons. The molecule has 0 saturated heterocycles. The van der Waals surface area contributed by atoms with Crippen LogP contribution in [0.3, 0.4) is 0 Å². The number of halogens is 1. The number of hydrogen-bond donors (Lipinski definition) is 0. The van der Waals surface area contributed by atoms with Crippen LogP contribution < -0.4 is 4.74 Å². The molecule has 0 N–H and O–H groups in total. The fourth-order valence-corrected chi connectivity index (χ4v) is 1.41. The summed E-state index contributed by atoms with van der Waals surface area (Å²) < 4.78 is 18.1. The average Bonchev–Trinajstić information content (AvgIpc) is 2.27. The molecule has 0 bridgehead atoms. The zero-order chi connectivity index (χ0) is 13.5. The van der Waals surface area contributed by atoms with Gasteiger partial charge in [0.1, 0.15) is 11.6 Å². The third-order valence-electron chi connectivity index (χ3n) is 2.30. The topological polar surface area (TPSA) is 69.4 Å². The number of nitrogens with zero attached hydrogens (tertiary/aromatic N) is 1. The van der Waals surface area contributed by atoms with Crippen LogP contribution in [0.1, 0.15) is 26.2 Å². The summed E-state index contributed by atoms with van der Waals surface area (Å²) in [7, 11) is 0. The fourth-order valence-electron chi connectivity index (χ4n) is 1.41. The van der Waals surface area contributed by atoms with Crippen molar-refractivity contribution in [2.75, 3.05) is 6.61 Å². The van der Waals surface area contributed by atoms with Gasteiger partial charge in [0, 0.05) is 18.6 Å². The van der Waals surface area contributed by atoms with Crippen molar-refractivity contribution in [3.8, 4) is 5.75 Å². The average molecular weight is 255 g/mol. The van der Waals surface area contributed by atoms with E-state index in [-0.39, 0.29) is 23.8 Å². The lowest BCUT2D eigenvalue weighted by Crippen LogP contribution is -2.02. The minimum absolute atomic E-state index is 0.0807. The first-order valence-electron chi connectivity index (χ1n) is 5.57. The van der Waals surface area contributed by atoms with Gasteiger partial charge in [0.15, 0.2) is 5.75 Å². The Morgan fingerprint density at radius 3 is 2.78 bits per heavy atom. The maximum absolute atomic E-state index is 12.9. The van der Waals surface area contributed by atoms with Crippen LogP contribution in [-0.4, -0.2) is 17.3 Å². The summed E-state index contributed by atoms with van der Waals surface area (Å²) in [5.74, 6) is -0.575. The van der Waals surface area contributed by atoms with Crippen molar-refractivity contribution in [3.05, 3.63) is 34.1 Å². The van der Waals surface area contributed by atoms with Gasteiger partial charge in [-0.25, -0.2) is 4.39 Å². The molecule has 0 amide bonds.